The Morgan fingerprint density at radius 1 is 1.04 bits per heavy atom. The van der Waals surface area contributed by atoms with Crippen LogP contribution in [0.2, 0.25) is 0 Å². The number of halogens is 1. The molecule has 4 aromatic rings. The molecule has 0 radical (unpaired) electrons. The summed E-state index contributed by atoms with van der Waals surface area (Å²) in [6.07, 6.45) is 3.80. The van der Waals surface area contributed by atoms with Crippen LogP contribution in [0.5, 0.6) is 5.75 Å². The van der Waals surface area contributed by atoms with E-state index >= 15 is 0 Å². The molecule has 2 heterocycles. The van der Waals surface area contributed by atoms with Crippen molar-refractivity contribution in [3.63, 3.8) is 0 Å². The molecule has 0 fully saturated rings. The molecule has 0 atom stereocenters. The van der Waals surface area contributed by atoms with Crippen molar-refractivity contribution in [1.29, 1.82) is 0 Å². The van der Waals surface area contributed by atoms with E-state index in [2.05, 4.69) is 55.7 Å². The maximum absolute atomic E-state index is 5.74. The van der Waals surface area contributed by atoms with Gasteiger partial charge in [0.1, 0.15) is 22.7 Å². The number of fused-ring (bicyclic) bond motifs is 1. The van der Waals surface area contributed by atoms with Gasteiger partial charge < -0.3 is 10.1 Å². The first kappa shape index (κ1) is 18.9. The molecule has 4 rings (SSSR count). The maximum atomic E-state index is 5.74. The third-order valence-electron chi connectivity index (χ3n) is 4.41. The Morgan fingerprint density at radius 3 is 2.57 bits per heavy atom. The first-order valence-electron chi connectivity index (χ1n) is 9.22. The van der Waals surface area contributed by atoms with Crippen molar-refractivity contribution in [2.75, 3.05) is 11.9 Å². The molecule has 0 unspecified atom stereocenters. The molecular weight excluding hydrogens is 434 g/mol. The minimum Gasteiger partial charge on any atom is -0.494 e. The third-order valence-corrected chi connectivity index (χ3v) is 5.82. The van der Waals surface area contributed by atoms with Crippen molar-refractivity contribution >= 4 is 49.0 Å². The van der Waals surface area contributed by atoms with Crippen molar-refractivity contribution < 1.29 is 4.74 Å². The Bertz CT molecular complexity index is 1060. The molecule has 28 heavy (non-hydrogen) atoms. The average Bonchev–Trinajstić information content (AvgIpc) is 3.15. The smallest absolute Gasteiger partial charge is 0.143 e. The summed E-state index contributed by atoms with van der Waals surface area (Å²) in [5.74, 6) is 1.70. The van der Waals surface area contributed by atoms with Gasteiger partial charge in [0.15, 0.2) is 0 Å². The number of hydrogen-bond donors (Lipinski definition) is 1. The highest BCUT2D eigenvalue weighted by Crippen LogP contribution is 2.37. The van der Waals surface area contributed by atoms with Crippen LogP contribution in [0.4, 0.5) is 11.5 Å². The number of ether oxygens (including phenoxy) is 1. The second-order valence-corrected chi connectivity index (χ2v) is 8.18. The fourth-order valence-electron chi connectivity index (χ4n) is 2.92. The van der Waals surface area contributed by atoms with Crippen molar-refractivity contribution in [3.8, 4) is 16.9 Å². The van der Waals surface area contributed by atoms with Gasteiger partial charge in [0, 0.05) is 21.1 Å². The van der Waals surface area contributed by atoms with Crippen molar-refractivity contribution in [2.24, 2.45) is 0 Å². The molecular formula is C22H20BrN3OS. The Balaban J connectivity index is 1.62. The van der Waals surface area contributed by atoms with Crippen LogP contribution in [0.3, 0.4) is 0 Å². The van der Waals surface area contributed by atoms with Crippen LogP contribution in [0.1, 0.15) is 19.8 Å². The van der Waals surface area contributed by atoms with Crippen LogP contribution in [-0.2, 0) is 0 Å². The van der Waals surface area contributed by atoms with E-state index in [-0.39, 0.29) is 0 Å². The number of benzene rings is 2. The fraction of sp³-hybridized carbons (Fsp3) is 0.182. The molecule has 0 amide bonds. The first-order chi connectivity index (χ1) is 13.7. The van der Waals surface area contributed by atoms with Gasteiger partial charge in [-0.15, -0.1) is 11.3 Å². The summed E-state index contributed by atoms with van der Waals surface area (Å²) >= 11 is 5.13. The molecule has 0 aliphatic heterocycles. The van der Waals surface area contributed by atoms with E-state index in [9.17, 15) is 0 Å². The summed E-state index contributed by atoms with van der Waals surface area (Å²) in [6, 6.07) is 16.3. The minimum absolute atomic E-state index is 0.751. The van der Waals surface area contributed by atoms with Crippen LogP contribution >= 0.6 is 27.3 Å². The normalized spacial score (nSPS) is 10.9. The molecule has 0 saturated carbocycles. The van der Waals surface area contributed by atoms with Gasteiger partial charge in [0.05, 0.1) is 12.0 Å². The summed E-state index contributed by atoms with van der Waals surface area (Å²) < 4.78 is 6.80. The zero-order valence-electron chi connectivity index (χ0n) is 15.5. The highest BCUT2D eigenvalue weighted by Gasteiger charge is 2.13. The molecule has 0 saturated heterocycles. The second-order valence-electron chi connectivity index (χ2n) is 6.41. The number of hydrogen-bond acceptors (Lipinski definition) is 5. The predicted molar refractivity (Wildman–Crippen MR) is 121 cm³/mol. The first-order valence-corrected chi connectivity index (χ1v) is 10.9. The molecule has 0 aliphatic rings. The van der Waals surface area contributed by atoms with Gasteiger partial charge >= 0.3 is 0 Å². The zero-order chi connectivity index (χ0) is 19.3. The van der Waals surface area contributed by atoms with E-state index in [0.29, 0.717) is 0 Å². The number of anilines is 2. The number of thiophene rings is 1. The quantitative estimate of drug-likeness (QED) is 0.304. The van der Waals surface area contributed by atoms with Crippen molar-refractivity contribution in [2.45, 2.75) is 19.8 Å². The second kappa shape index (κ2) is 8.71. The Hall–Kier alpha value is -2.44. The molecule has 0 aliphatic carbocycles. The van der Waals surface area contributed by atoms with Gasteiger partial charge in [-0.2, -0.15) is 0 Å². The van der Waals surface area contributed by atoms with E-state index in [1.807, 2.05) is 36.4 Å². The largest absolute Gasteiger partial charge is 0.494 e. The van der Waals surface area contributed by atoms with Gasteiger partial charge in [-0.05, 0) is 48.4 Å². The molecule has 4 nitrogen and oxygen atoms in total. The average molecular weight is 454 g/mol. The maximum Gasteiger partial charge on any atom is 0.143 e. The van der Waals surface area contributed by atoms with E-state index in [1.54, 1.807) is 17.7 Å². The number of rotatable bonds is 7. The van der Waals surface area contributed by atoms with Gasteiger partial charge in [-0.1, -0.05) is 41.4 Å². The molecule has 2 aromatic carbocycles. The molecule has 142 valence electrons. The Morgan fingerprint density at radius 2 is 1.82 bits per heavy atom. The Labute approximate surface area is 176 Å². The molecule has 0 spiro atoms. The third kappa shape index (κ3) is 4.18. The summed E-state index contributed by atoms with van der Waals surface area (Å²) in [5.41, 5.74) is 3.25. The van der Waals surface area contributed by atoms with Gasteiger partial charge in [-0.25, -0.2) is 9.97 Å². The van der Waals surface area contributed by atoms with Crippen LogP contribution in [0.15, 0.2) is 64.7 Å². The highest BCUT2D eigenvalue weighted by molar-refractivity contribution is 9.10. The Kier molecular flexibility index (Phi) is 5.88. The standard InChI is InChI=1S/C22H20BrN3OS/c1-2-3-12-27-18-10-8-17(9-11-18)26-21-20-19(13-28-22(20)25-14-24-21)15-4-6-16(23)7-5-15/h4-11,13-14H,2-3,12H2,1H3,(H,24,25,26). The minimum atomic E-state index is 0.751. The van der Waals surface area contributed by atoms with Crippen LogP contribution in [0, 0.1) is 0 Å². The zero-order valence-corrected chi connectivity index (χ0v) is 17.9. The number of unbranched alkanes of at least 4 members (excludes halogenated alkanes) is 1. The summed E-state index contributed by atoms with van der Waals surface area (Å²) in [5, 5.41) is 6.62. The molecule has 0 bridgehead atoms. The lowest BCUT2D eigenvalue weighted by Crippen LogP contribution is -1.98. The van der Waals surface area contributed by atoms with E-state index in [0.717, 1.165) is 62.5 Å². The summed E-state index contributed by atoms with van der Waals surface area (Å²) in [6.45, 7) is 2.91. The van der Waals surface area contributed by atoms with Gasteiger partial charge in [0.2, 0.25) is 0 Å². The number of nitrogens with zero attached hydrogens (tertiary/aromatic N) is 2. The van der Waals surface area contributed by atoms with E-state index in [1.165, 1.54) is 0 Å². The predicted octanol–water partition coefficient (Wildman–Crippen LogP) is 7.04. The lowest BCUT2D eigenvalue weighted by Gasteiger charge is -2.10. The molecule has 6 heteroatoms. The van der Waals surface area contributed by atoms with E-state index < -0.39 is 0 Å². The van der Waals surface area contributed by atoms with Crippen molar-refractivity contribution in [1.82, 2.24) is 9.97 Å². The van der Waals surface area contributed by atoms with Crippen LogP contribution in [0.25, 0.3) is 21.3 Å². The lowest BCUT2D eigenvalue weighted by molar-refractivity contribution is 0.309. The summed E-state index contributed by atoms with van der Waals surface area (Å²) in [7, 11) is 0. The highest BCUT2D eigenvalue weighted by atomic mass is 79.9. The van der Waals surface area contributed by atoms with Gasteiger partial charge in [0.25, 0.3) is 0 Å². The van der Waals surface area contributed by atoms with E-state index in [4.69, 9.17) is 4.74 Å². The SMILES string of the molecule is CCCCOc1ccc(Nc2ncnc3scc(-c4ccc(Br)cc4)c23)cc1. The molecule has 2 aromatic heterocycles. The molecule has 1 N–H and O–H groups in total. The van der Waals surface area contributed by atoms with Crippen molar-refractivity contribution in [3.05, 3.63) is 64.7 Å². The number of nitrogens with one attached hydrogen (secondary N) is 1. The summed E-state index contributed by atoms with van der Waals surface area (Å²) in [4.78, 5) is 9.91. The fourth-order valence-corrected chi connectivity index (χ4v) is 4.10. The van der Waals surface area contributed by atoms with Gasteiger partial charge in [-0.3, -0.25) is 0 Å². The topological polar surface area (TPSA) is 47.0 Å². The van der Waals surface area contributed by atoms with Crippen LogP contribution in [-0.4, -0.2) is 16.6 Å². The lowest BCUT2D eigenvalue weighted by atomic mass is 10.1. The number of aromatic nitrogens is 2. The van der Waals surface area contributed by atoms with Crippen LogP contribution < -0.4 is 10.1 Å². The monoisotopic (exact) mass is 453 g/mol.